The maximum absolute atomic E-state index is 11.7. The number of hydrogen-bond donors (Lipinski definition) is 3. The summed E-state index contributed by atoms with van der Waals surface area (Å²) in [6.45, 7) is 1.94. The number of nitrogens with one attached hydrogen (secondary N) is 2. The Morgan fingerprint density at radius 2 is 2.31 bits per heavy atom. The summed E-state index contributed by atoms with van der Waals surface area (Å²) in [6.07, 6.45) is 2.99. The van der Waals surface area contributed by atoms with E-state index in [9.17, 15) is 4.79 Å². The van der Waals surface area contributed by atoms with Crippen LogP contribution in [0.4, 0.5) is 11.4 Å². The number of nitrogens with two attached hydrogens (primary N) is 1. The third-order valence-electron chi connectivity index (χ3n) is 2.22. The van der Waals surface area contributed by atoms with Gasteiger partial charge in [0.25, 0.3) is 5.91 Å². The number of rotatable bonds is 2. The molecule has 1 aromatic carbocycles. The summed E-state index contributed by atoms with van der Waals surface area (Å²) in [7, 11) is 0. The van der Waals surface area contributed by atoms with Gasteiger partial charge < -0.3 is 11.1 Å². The molecule has 4 N–H and O–H groups in total. The van der Waals surface area contributed by atoms with Crippen molar-refractivity contribution in [3.8, 4) is 0 Å². The maximum atomic E-state index is 11.7. The molecule has 16 heavy (non-hydrogen) atoms. The summed E-state index contributed by atoms with van der Waals surface area (Å²) in [4.78, 5) is 11.7. The molecule has 1 aromatic heterocycles. The second-order valence-corrected chi connectivity index (χ2v) is 3.53. The van der Waals surface area contributed by atoms with Gasteiger partial charge >= 0.3 is 0 Å². The molecule has 0 saturated carbocycles. The molecule has 0 aliphatic carbocycles. The molecule has 82 valence electrons. The molecule has 5 nitrogen and oxygen atoms in total. The molecule has 0 fully saturated rings. The molecule has 0 aliphatic heterocycles. The van der Waals surface area contributed by atoms with Gasteiger partial charge in [-0.15, -0.1) is 0 Å². The largest absolute Gasteiger partial charge is 0.397 e. The van der Waals surface area contributed by atoms with Gasteiger partial charge in [-0.25, -0.2) is 0 Å². The Bertz CT molecular complexity index is 505. The molecular weight excluding hydrogens is 204 g/mol. The molecule has 0 saturated heterocycles. The van der Waals surface area contributed by atoms with Crippen LogP contribution in [0.15, 0.2) is 30.6 Å². The van der Waals surface area contributed by atoms with Crippen molar-refractivity contribution in [2.75, 3.05) is 11.1 Å². The monoisotopic (exact) mass is 216 g/mol. The van der Waals surface area contributed by atoms with Crippen molar-refractivity contribution in [2.45, 2.75) is 6.92 Å². The number of benzene rings is 1. The maximum Gasteiger partial charge on any atom is 0.258 e. The van der Waals surface area contributed by atoms with Crippen LogP contribution < -0.4 is 11.1 Å². The first-order chi connectivity index (χ1) is 7.66. The number of aromatic amines is 1. The van der Waals surface area contributed by atoms with Crippen molar-refractivity contribution in [2.24, 2.45) is 0 Å². The van der Waals surface area contributed by atoms with Crippen LogP contribution >= 0.6 is 0 Å². The van der Waals surface area contributed by atoms with Crippen molar-refractivity contribution >= 4 is 17.3 Å². The fourth-order valence-corrected chi connectivity index (χ4v) is 1.37. The van der Waals surface area contributed by atoms with E-state index in [1.807, 2.05) is 19.1 Å². The van der Waals surface area contributed by atoms with Crippen LogP contribution in [0.25, 0.3) is 0 Å². The second kappa shape index (κ2) is 4.06. The lowest BCUT2D eigenvalue weighted by molar-refractivity contribution is 0.102. The Morgan fingerprint density at radius 3 is 2.94 bits per heavy atom. The predicted octanol–water partition coefficient (Wildman–Crippen LogP) is 1.55. The van der Waals surface area contributed by atoms with Gasteiger partial charge in [0.15, 0.2) is 0 Å². The van der Waals surface area contributed by atoms with Gasteiger partial charge in [0.2, 0.25) is 0 Å². The van der Waals surface area contributed by atoms with E-state index in [0.29, 0.717) is 16.9 Å². The number of carbonyl (C=O) groups excluding carboxylic acids is 1. The molecule has 0 radical (unpaired) electrons. The minimum Gasteiger partial charge on any atom is -0.397 e. The van der Waals surface area contributed by atoms with Gasteiger partial charge in [0, 0.05) is 6.20 Å². The van der Waals surface area contributed by atoms with E-state index in [-0.39, 0.29) is 5.91 Å². The number of nitrogen functional groups attached to an aromatic ring is 1. The first-order valence-corrected chi connectivity index (χ1v) is 4.83. The van der Waals surface area contributed by atoms with Crippen molar-refractivity contribution in [3.05, 3.63) is 41.7 Å². The van der Waals surface area contributed by atoms with Crippen molar-refractivity contribution in [1.29, 1.82) is 0 Å². The quantitative estimate of drug-likeness (QED) is 0.666. The standard InChI is InChI=1S/C11H12N4O/c1-7-2-3-10(9(12)4-7)15-11(16)8-5-13-14-6-8/h2-6H,12H2,1H3,(H,13,14)(H,15,16). The summed E-state index contributed by atoms with van der Waals surface area (Å²) < 4.78 is 0. The smallest absolute Gasteiger partial charge is 0.258 e. The highest BCUT2D eigenvalue weighted by Crippen LogP contribution is 2.19. The van der Waals surface area contributed by atoms with Gasteiger partial charge in [-0.1, -0.05) is 6.07 Å². The van der Waals surface area contributed by atoms with Crippen molar-refractivity contribution < 1.29 is 4.79 Å². The topological polar surface area (TPSA) is 83.8 Å². The van der Waals surface area contributed by atoms with E-state index in [0.717, 1.165) is 5.56 Å². The Morgan fingerprint density at radius 1 is 1.50 bits per heavy atom. The number of nitrogens with zero attached hydrogens (tertiary/aromatic N) is 1. The number of aromatic nitrogens is 2. The zero-order valence-electron chi connectivity index (χ0n) is 8.82. The van der Waals surface area contributed by atoms with Crippen LogP contribution in [0.5, 0.6) is 0 Å². The molecule has 0 unspecified atom stereocenters. The molecule has 2 rings (SSSR count). The van der Waals surface area contributed by atoms with E-state index in [2.05, 4.69) is 15.5 Å². The third kappa shape index (κ3) is 2.03. The summed E-state index contributed by atoms with van der Waals surface area (Å²) in [5.74, 6) is -0.232. The number of H-pyrrole nitrogens is 1. The summed E-state index contributed by atoms with van der Waals surface area (Å²) in [5.41, 5.74) is 8.47. The number of carbonyl (C=O) groups is 1. The zero-order chi connectivity index (χ0) is 11.5. The van der Waals surface area contributed by atoms with Gasteiger partial charge in [0.1, 0.15) is 0 Å². The zero-order valence-corrected chi connectivity index (χ0v) is 8.82. The Kier molecular flexibility index (Phi) is 2.59. The lowest BCUT2D eigenvalue weighted by Gasteiger charge is -2.07. The molecule has 5 heteroatoms. The van der Waals surface area contributed by atoms with Crippen LogP contribution in [0.3, 0.4) is 0 Å². The second-order valence-electron chi connectivity index (χ2n) is 3.53. The van der Waals surface area contributed by atoms with E-state index in [4.69, 9.17) is 5.73 Å². The molecule has 1 heterocycles. The first-order valence-electron chi connectivity index (χ1n) is 4.83. The van der Waals surface area contributed by atoms with Gasteiger partial charge in [-0.05, 0) is 24.6 Å². The van der Waals surface area contributed by atoms with Crippen LogP contribution in [-0.4, -0.2) is 16.1 Å². The summed E-state index contributed by atoms with van der Waals surface area (Å²) in [5, 5.41) is 9.00. The van der Waals surface area contributed by atoms with E-state index >= 15 is 0 Å². The first kappa shape index (κ1) is 10.2. The molecule has 1 amide bonds. The van der Waals surface area contributed by atoms with Crippen LogP contribution in [0.1, 0.15) is 15.9 Å². The Balaban J connectivity index is 2.18. The highest BCUT2D eigenvalue weighted by atomic mass is 16.1. The molecule has 0 bridgehead atoms. The summed E-state index contributed by atoms with van der Waals surface area (Å²) >= 11 is 0. The number of aryl methyl sites for hydroxylation is 1. The highest BCUT2D eigenvalue weighted by molar-refractivity contribution is 6.05. The lowest BCUT2D eigenvalue weighted by atomic mass is 10.2. The fraction of sp³-hybridized carbons (Fsp3) is 0.0909. The van der Waals surface area contributed by atoms with Crippen molar-refractivity contribution in [3.63, 3.8) is 0 Å². The predicted molar refractivity (Wildman–Crippen MR) is 62.1 cm³/mol. The molecule has 0 spiro atoms. The molecule has 0 atom stereocenters. The van der Waals surface area contributed by atoms with E-state index in [1.54, 1.807) is 6.07 Å². The van der Waals surface area contributed by atoms with Crippen LogP contribution in [0, 0.1) is 6.92 Å². The molecular formula is C11H12N4O. The van der Waals surface area contributed by atoms with Gasteiger partial charge in [-0.2, -0.15) is 5.10 Å². The average Bonchev–Trinajstić information content (AvgIpc) is 2.75. The summed E-state index contributed by atoms with van der Waals surface area (Å²) in [6, 6.07) is 5.48. The van der Waals surface area contributed by atoms with Gasteiger partial charge in [0.05, 0.1) is 23.1 Å². The average molecular weight is 216 g/mol. The number of hydrogen-bond acceptors (Lipinski definition) is 3. The van der Waals surface area contributed by atoms with Crippen LogP contribution in [-0.2, 0) is 0 Å². The SMILES string of the molecule is Cc1ccc(NC(=O)c2cn[nH]c2)c(N)c1. The number of anilines is 2. The van der Waals surface area contributed by atoms with Crippen LogP contribution in [0.2, 0.25) is 0 Å². The minimum atomic E-state index is -0.232. The number of amides is 1. The molecule has 0 aliphatic rings. The fourth-order valence-electron chi connectivity index (χ4n) is 1.37. The Labute approximate surface area is 92.7 Å². The van der Waals surface area contributed by atoms with E-state index < -0.39 is 0 Å². The third-order valence-corrected chi connectivity index (χ3v) is 2.22. The lowest BCUT2D eigenvalue weighted by Crippen LogP contribution is -2.12. The highest BCUT2D eigenvalue weighted by Gasteiger charge is 2.08. The minimum absolute atomic E-state index is 0.232. The Hall–Kier alpha value is -2.30. The van der Waals surface area contributed by atoms with Crippen molar-refractivity contribution in [1.82, 2.24) is 10.2 Å². The molecule has 2 aromatic rings. The normalized spacial score (nSPS) is 10.1. The van der Waals surface area contributed by atoms with Gasteiger partial charge in [-0.3, -0.25) is 9.89 Å². The van der Waals surface area contributed by atoms with E-state index in [1.165, 1.54) is 12.4 Å².